The fourth-order valence-corrected chi connectivity index (χ4v) is 3.22. The number of piperidine rings is 1. The highest BCUT2D eigenvalue weighted by molar-refractivity contribution is 5.38. The van der Waals surface area contributed by atoms with Crippen LogP contribution in [0.25, 0.3) is 0 Å². The Hall–Kier alpha value is -1.87. The lowest BCUT2D eigenvalue weighted by molar-refractivity contribution is 0.287. The van der Waals surface area contributed by atoms with Crippen molar-refractivity contribution in [2.24, 2.45) is 0 Å². The van der Waals surface area contributed by atoms with Crippen molar-refractivity contribution in [3.05, 3.63) is 65.0 Å². The highest BCUT2D eigenvalue weighted by atomic mass is 19.1. The number of nitrogens with one attached hydrogen (secondary N) is 1. The minimum absolute atomic E-state index is 0.258. The Bertz CT molecular complexity index is 612. The van der Waals surface area contributed by atoms with Gasteiger partial charge in [-0.05, 0) is 55.5 Å². The molecule has 1 unspecified atom stereocenters. The van der Waals surface area contributed by atoms with E-state index < -0.39 is 0 Å². The molecule has 2 aromatic carbocycles. The molecular formula is C20H24FNO. The van der Waals surface area contributed by atoms with Gasteiger partial charge in [0.2, 0.25) is 0 Å². The SMILES string of the molecule is Cc1cc(CC2CCCCN2)cc(F)c1OCc1ccccc1. The van der Waals surface area contributed by atoms with Gasteiger partial charge in [-0.25, -0.2) is 4.39 Å². The Labute approximate surface area is 137 Å². The predicted octanol–water partition coefficient (Wildman–Crippen LogP) is 4.40. The van der Waals surface area contributed by atoms with Gasteiger partial charge >= 0.3 is 0 Å². The molecule has 122 valence electrons. The third-order valence-electron chi connectivity index (χ3n) is 4.41. The van der Waals surface area contributed by atoms with Crippen LogP contribution < -0.4 is 10.1 Å². The van der Waals surface area contributed by atoms with E-state index in [0.29, 0.717) is 18.4 Å². The van der Waals surface area contributed by atoms with Gasteiger partial charge in [0, 0.05) is 6.04 Å². The standard InChI is InChI=1S/C20H24FNO/c1-15-11-17(12-18-9-5-6-10-22-18)13-19(21)20(15)23-14-16-7-3-2-4-8-16/h2-4,7-8,11,13,18,22H,5-6,9-10,12,14H2,1H3. The first kappa shape index (κ1) is 16.0. The second-order valence-corrected chi connectivity index (χ2v) is 6.35. The highest BCUT2D eigenvalue weighted by Crippen LogP contribution is 2.26. The van der Waals surface area contributed by atoms with E-state index in [1.165, 1.54) is 19.3 Å². The lowest BCUT2D eigenvalue weighted by Gasteiger charge is -2.24. The Kier molecular flexibility index (Phi) is 5.29. The zero-order valence-corrected chi connectivity index (χ0v) is 13.6. The van der Waals surface area contributed by atoms with Gasteiger partial charge in [0.1, 0.15) is 6.61 Å². The topological polar surface area (TPSA) is 21.3 Å². The molecule has 2 aromatic rings. The summed E-state index contributed by atoms with van der Waals surface area (Å²) in [6.07, 6.45) is 4.57. The van der Waals surface area contributed by atoms with E-state index in [0.717, 1.165) is 29.7 Å². The predicted molar refractivity (Wildman–Crippen MR) is 91.3 cm³/mol. The molecule has 0 bridgehead atoms. The average Bonchev–Trinajstić information content (AvgIpc) is 2.56. The minimum Gasteiger partial charge on any atom is -0.486 e. The zero-order chi connectivity index (χ0) is 16.1. The number of halogens is 1. The molecule has 23 heavy (non-hydrogen) atoms. The van der Waals surface area contributed by atoms with E-state index in [9.17, 15) is 4.39 Å². The molecule has 1 fully saturated rings. The number of aryl methyl sites for hydroxylation is 1. The van der Waals surface area contributed by atoms with Crippen LogP contribution in [-0.2, 0) is 13.0 Å². The Balaban J connectivity index is 1.67. The third kappa shape index (κ3) is 4.32. The van der Waals surface area contributed by atoms with Gasteiger partial charge in [-0.15, -0.1) is 0 Å². The lowest BCUT2D eigenvalue weighted by atomic mass is 9.96. The molecule has 1 aliphatic rings. The monoisotopic (exact) mass is 313 g/mol. The second kappa shape index (κ2) is 7.60. The molecule has 0 radical (unpaired) electrons. The Morgan fingerprint density at radius 1 is 1.13 bits per heavy atom. The lowest BCUT2D eigenvalue weighted by Crippen LogP contribution is -2.35. The molecule has 1 saturated heterocycles. The minimum atomic E-state index is -0.258. The number of rotatable bonds is 5. The van der Waals surface area contributed by atoms with E-state index in [-0.39, 0.29) is 5.82 Å². The van der Waals surface area contributed by atoms with Crippen molar-refractivity contribution in [2.45, 2.75) is 45.3 Å². The fourth-order valence-electron chi connectivity index (χ4n) is 3.22. The fraction of sp³-hybridized carbons (Fsp3) is 0.400. The molecule has 0 spiro atoms. The maximum Gasteiger partial charge on any atom is 0.165 e. The summed E-state index contributed by atoms with van der Waals surface area (Å²) in [5.74, 6) is 0.112. The average molecular weight is 313 g/mol. The van der Waals surface area contributed by atoms with Gasteiger partial charge in [0.05, 0.1) is 0 Å². The molecule has 0 amide bonds. The van der Waals surface area contributed by atoms with Crippen LogP contribution >= 0.6 is 0 Å². The summed E-state index contributed by atoms with van der Waals surface area (Å²) in [5, 5.41) is 3.51. The summed E-state index contributed by atoms with van der Waals surface area (Å²) in [7, 11) is 0. The zero-order valence-electron chi connectivity index (χ0n) is 13.6. The molecular weight excluding hydrogens is 289 g/mol. The molecule has 3 rings (SSSR count). The Morgan fingerprint density at radius 2 is 1.96 bits per heavy atom. The highest BCUT2D eigenvalue weighted by Gasteiger charge is 2.16. The van der Waals surface area contributed by atoms with E-state index in [1.54, 1.807) is 6.07 Å². The first-order valence-electron chi connectivity index (χ1n) is 8.41. The molecule has 1 N–H and O–H groups in total. The quantitative estimate of drug-likeness (QED) is 0.883. The van der Waals surface area contributed by atoms with Gasteiger partial charge < -0.3 is 10.1 Å². The van der Waals surface area contributed by atoms with Gasteiger partial charge in [0.15, 0.2) is 11.6 Å². The van der Waals surface area contributed by atoms with E-state index >= 15 is 0 Å². The largest absolute Gasteiger partial charge is 0.486 e. The van der Waals surface area contributed by atoms with Crippen molar-refractivity contribution < 1.29 is 9.13 Å². The van der Waals surface area contributed by atoms with Crippen LogP contribution in [0.4, 0.5) is 4.39 Å². The van der Waals surface area contributed by atoms with Crippen LogP contribution in [0.15, 0.2) is 42.5 Å². The van der Waals surface area contributed by atoms with Crippen molar-refractivity contribution in [3.8, 4) is 5.75 Å². The first-order chi connectivity index (χ1) is 11.2. The number of benzene rings is 2. The van der Waals surface area contributed by atoms with Crippen LogP contribution in [0.2, 0.25) is 0 Å². The van der Waals surface area contributed by atoms with Crippen molar-refractivity contribution in [2.75, 3.05) is 6.54 Å². The van der Waals surface area contributed by atoms with Crippen molar-refractivity contribution >= 4 is 0 Å². The summed E-state index contributed by atoms with van der Waals surface area (Å²) >= 11 is 0. The summed E-state index contributed by atoms with van der Waals surface area (Å²) in [4.78, 5) is 0. The summed E-state index contributed by atoms with van der Waals surface area (Å²) in [6, 6.07) is 14.0. The normalized spacial score (nSPS) is 17.9. The summed E-state index contributed by atoms with van der Waals surface area (Å²) in [6.45, 7) is 3.38. The number of ether oxygens (including phenoxy) is 1. The smallest absolute Gasteiger partial charge is 0.165 e. The van der Waals surface area contributed by atoms with Crippen LogP contribution in [-0.4, -0.2) is 12.6 Å². The van der Waals surface area contributed by atoms with Crippen molar-refractivity contribution in [1.82, 2.24) is 5.32 Å². The van der Waals surface area contributed by atoms with E-state index in [4.69, 9.17) is 4.74 Å². The van der Waals surface area contributed by atoms with Crippen LogP contribution in [0.5, 0.6) is 5.75 Å². The van der Waals surface area contributed by atoms with Crippen molar-refractivity contribution in [1.29, 1.82) is 0 Å². The molecule has 0 aromatic heterocycles. The molecule has 0 aliphatic carbocycles. The number of hydrogen-bond acceptors (Lipinski definition) is 2. The van der Waals surface area contributed by atoms with E-state index in [2.05, 4.69) is 11.4 Å². The Morgan fingerprint density at radius 3 is 2.65 bits per heavy atom. The second-order valence-electron chi connectivity index (χ2n) is 6.35. The molecule has 0 saturated carbocycles. The van der Waals surface area contributed by atoms with Gasteiger partial charge in [0.25, 0.3) is 0 Å². The van der Waals surface area contributed by atoms with Crippen LogP contribution in [0.3, 0.4) is 0 Å². The molecule has 1 heterocycles. The molecule has 1 atom stereocenters. The molecule has 2 nitrogen and oxygen atoms in total. The summed E-state index contributed by atoms with van der Waals surface area (Å²) < 4.78 is 20.1. The molecule has 3 heteroatoms. The first-order valence-corrected chi connectivity index (χ1v) is 8.41. The maximum atomic E-state index is 14.4. The van der Waals surface area contributed by atoms with Gasteiger partial charge in [-0.3, -0.25) is 0 Å². The number of hydrogen-bond donors (Lipinski definition) is 1. The summed E-state index contributed by atoms with van der Waals surface area (Å²) in [5.41, 5.74) is 2.96. The van der Waals surface area contributed by atoms with Crippen LogP contribution in [0, 0.1) is 12.7 Å². The van der Waals surface area contributed by atoms with Crippen molar-refractivity contribution in [3.63, 3.8) is 0 Å². The van der Waals surface area contributed by atoms with Crippen LogP contribution in [0.1, 0.15) is 36.0 Å². The molecule has 1 aliphatic heterocycles. The maximum absolute atomic E-state index is 14.4. The third-order valence-corrected chi connectivity index (χ3v) is 4.41. The van der Waals surface area contributed by atoms with E-state index in [1.807, 2.05) is 37.3 Å². The van der Waals surface area contributed by atoms with Gasteiger partial charge in [-0.2, -0.15) is 0 Å². The van der Waals surface area contributed by atoms with Gasteiger partial charge in [-0.1, -0.05) is 42.8 Å².